The van der Waals surface area contributed by atoms with Crippen LogP contribution in [0.15, 0.2) is 34.6 Å². The first-order chi connectivity index (χ1) is 7.13. The third-order valence-corrected chi connectivity index (χ3v) is 1.61. The second-order valence-corrected chi connectivity index (χ2v) is 2.61. The van der Waals surface area contributed by atoms with Crippen LogP contribution in [0.1, 0.15) is 0 Å². The van der Waals surface area contributed by atoms with E-state index in [1.54, 1.807) is 7.05 Å². The fraction of sp³-hybridized carbons (Fsp3) is 0.250. The molecule has 0 amide bonds. The van der Waals surface area contributed by atoms with Crippen molar-refractivity contribution in [3.05, 3.63) is 34.4 Å². The molecule has 0 N–H and O–H groups in total. The van der Waals surface area contributed by atoms with Crippen molar-refractivity contribution in [1.29, 1.82) is 0 Å². The fourth-order valence-corrected chi connectivity index (χ4v) is 0.792. The molecule has 0 heterocycles. The molecule has 1 aromatic carbocycles. The van der Waals surface area contributed by atoms with Crippen molar-refractivity contribution in [2.75, 3.05) is 14.2 Å². The SMILES string of the molecule is CON(C)N=Nc1ccc([N+](=O)[O-])cc1. The number of benzene rings is 1. The standard InChI is InChI=1S/C8H10N4O3/c1-11(15-2)10-9-7-3-5-8(6-4-7)12(13)14/h3-6H,1-2H3. The van der Waals surface area contributed by atoms with Crippen LogP contribution in [0.4, 0.5) is 11.4 Å². The minimum Gasteiger partial charge on any atom is -0.259 e. The van der Waals surface area contributed by atoms with Gasteiger partial charge in [-0.3, -0.25) is 15.0 Å². The highest BCUT2D eigenvalue weighted by atomic mass is 16.7. The first-order valence-corrected chi connectivity index (χ1v) is 4.07. The van der Waals surface area contributed by atoms with E-state index in [-0.39, 0.29) is 5.69 Å². The molecule has 1 aromatic rings. The number of hydroxylamine groups is 1. The summed E-state index contributed by atoms with van der Waals surface area (Å²) in [7, 11) is 3.03. The molecule has 0 spiro atoms. The zero-order valence-corrected chi connectivity index (χ0v) is 8.32. The molecule has 7 heteroatoms. The summed E-state index contributed by atoms with van der Waals surface area (Å²) in [5.41, 5.74) is 0.540. The second kappa shape index (κ2) is 5.01. The van der Waals surface area contributed by atoms with Gasteiger partial charge in [0.05, 0.1) is 24.8 Å². The zero-order chi connectivity index (χ0) is 11.3. The molecule has 1 rings (SSSR count). The molecule has 0 aromatic heterocycles. The fourth-order valence-electron chi connectivity index (χ4n) is 0.792. The number of non-ortho nitro benzene ring substituents is 1. The number of rotatable bonds is 4. The summed E-state index contributed by atoms with van der Waals surface area (Å²) in [5, 5.41) is 19.0. The Hall–Kier alpha value is -2.02. The number of hydrogen-bond donors (Lipinski definition) is 0. The molecule has 15 heavy (non-hydrogen) atoms. The van der Waals surface area contributed by atoms with Gasteiger partial charge in [0.2, 0.25) is 0 Å². The van der Waals surface area contributed by atoms with Gasteiger partial charge in [-0.2, -0.15) is 5.17 Å². The monoisotopic (exact) mass is 210 g/mol. The van der Waals surface area contributed by atoms with E-state index >= 15 is 0 Å². The summed E-state index contributed by atoms with van der Waals surface area (Å²) >= 11 is 0. The van der Waals surface area contributed by atoms with Crippen LogP contribution in [0.3, 0.4) is 0 Å². The normalized spacial score (nSPS) is 10.5. The lowest BCUT2D eigenvalue weighted by atomic mass is 10.3. The highest BCUT2D eigenvalue weighted by Gasteiger charge is 2.02. The van der Waals surface area contributed by atoms with Gasteiger partial charge in [-0.25, -0.2) is 0 Å². The van der Waals surface area contributed by atoms with Crippen molar-refractivity contribution in [3.63, 3.8) is 0 Å². The lowest BCUT2D eigenvalue weighted by molar-refractivity contribution is -0.384. The maximum absolute atomic E-state index is 10.3. The summed E-state index contributed by atoms with van der Waals surface area (Å²) in [4.78, 5) is 14.6. The first kappa shape index (κ1) is 11.1. The third-order valence-electron chi connectivity index (χ3n) is 1.61. The molecule has 80 valence electrons. The van der Waals surface area contributed by atoms with Crippen LogP contribution in [0.5, 0.6) is 0 Å². The van der Waals surface area contributed by atoms with Crippen LogP contribution < -0.4 is 0 Å². The summed E-state index contributed by atoms with van der Waals surface area (Å²) < 4.78 is 0. The Labute approximate surface area is 86.1 Å². The molecule has 0 saturated heterocycles. The van der Waals surface area contributed by atoms with Crippen LogP contribution in [0.2, 0.25) is 0 Å². The van der Waals surface area contributed by atoms with E-state index < -0.39 is 4.92 Å². The molecule has 0 bridgehead atoms. The Morgan fingerprint density at radius 3 is 2.47 bits per heavy atom. The number of nitro groups is 1. The number of nitrogens with zero attached hydrogens (tertiary/aromatic N) is 4. The Morgan fingerprint density at radius 2 is 2.00 bits per heavy atom. The second-order valence-electron chi connectivity index (χ2n) is 2.61. The van der Waals surface area contributed by atoms with E-state index in [0.717, 1.165) is 0 Å². The maximum Gasteiger partial charge on any atom is 0.269 e. The van der Waals surface area contributed by atoms with Crippen molar-refractivity contribution in [3.8, 4) is 0 Å². The zero-order valence-electron chi connectivity index (χ0n) is 8.32. The molecule has 0 aliphatic heterocycles. The largest absolute Gasteiger partial charge is 0.269 e. The third kappa shape index (κ3) is 3.31. The Balaban J connectivity index is 2.72. The van der Waals surface area contributed by atoms with E-state index in [9.17, 15) is 10.1 Å². The Kier molecular flexibility index (Phi) is 3.69. The average Bonchev–Trinajstić information content (AvgIpc) is 2.26. The molecule has 0 fully saturated rings. The van der Waals surface area contributed by atoms with Crippen LogP contribution in [-0.4, -0.2) is 24.3 Å². The minimum absolute atomic E-state index is 0.0223. The highest BCUT2D eigenvalue weighted by Crippen LogP contribution is 2.18. The van der Waals surface area contributed by atoms with E-state index in [2.05, 4.69) is 10.3 Å². The number of hydrogen-bond acceptors (Lipinski definition) is 5. The highest BCUT2D eigenvalue weighted by molar-refractivity contribution is 5.43. The van der Waals surface area contributed by atoms with Gasteiger partial charge in [-0.05, 0) is 17.4 Å². The van der Waals surface area contributed by atoms with Crippen molar-refractivity contribution in [2.24, 2.45) is 10.3 Å². The molecule has 0 saturated carbocycles. The lowest BCUT2D eigenvalue weighted by Gasteiger charge is -2.04. The van der Waals surface area contributed by atoms with Crippen molar-refractivity contribution in [1.82, 2.24) is 5.17 Å². The summed E-state index contributed by atoms with van der Waals surface area (Å²) in [5.74, 6) is 0. The Bertz CT molecular complexity index is 363. The topological polar surface area (TPSA) is 80.3 Å². The van der Waals surface area contributed by atoms with E-state index in [0.29, 0.717) is 5.69 Å². The van der Waals surface area contributed by atoms with Gasteiger partial charge in [0.25, 0.3) is 5.69 Å². The summed E-state index contributed by atoms with van der Waals surface area (Å²) in [6.07, 6.45) is 0. The molecule has 0 atom stereocenters. The quantitative estimate of drug-likeness (QED) is 0.433. The van der Waals surface area contributed by atoms with Crippen molar-refractivity contribution >= 4 is 11.4 Å². The van der Waals surface area contributed by atoms with Crippen molar-refractivity contribution < 1.29 is 9.76 Å². The molecule has 0 unspecified atom stereocenters. The average molecular weight is 210 g/mol. The minimum atomic E-state index is -0.470. The van der Waals surface area contributed by atoms with Gasteiger partial charge < -0.3 is 0 Å². The molecule has 7 nitrogen and oxygen atoms in total. The van der Waals surface area contributed by atoms with Gasteiger partial charge >= 0.3 is 0 Å². The summed E-state index contributed by atoms with van der Waals surface area (Å²) in [6.45, 7) is 0. The molecule has 0 aliphatic rings. The summed E-state index contributed by atoms with van der Waals surface area (Å²) in [6, 6.07) is 5.73. The van der Waals surface area contributed by atoms with Crippen molar-refractivity contribution in [2.45, 2.75) is 0 Å². The van der Waals surface area contributed by atoms with E-state index in [1.165, 1.54) is 36.5 Å². The predicted molar refractivity (Wildman–Crippen MR) is 52.4 cm³/mol. The molecular formula is C8H10N4O3. The van der Waals surface area contributed by atoms with Gasteiger partial charge in [0, 0.05) is 12.1 Å². The number of nitro benzene ring substituents is 1. The van der Waals surface area contributed by atoms with Crippen LogP contribution in [0, 0.1) is 10.1 Å². The predicted octanol–water partition coefficient (Wildman–Crippen LogP) is 2.09. The van der Waals surface area contributed by atoms with Gasteiger partial charge in [0.15, 0.2) is 0 Å². The lowest BCUT2D eigenvalue weighted by Crippen LogP contribution is -2.06. The van der Waals surface area contributed by atoms with Crippen LogP contribution >= 0.6 is 0 Å². The van der Waals surface area contributed by atoms with Crippen LogP contribution in [-0.2, 0) is 4.84 Å². The van der Waals surface area contributed by atoms with E-state index in [1.807, 2.05) is 0 Å². The van der Waals surface area contributed by atoms with E-state index in [4.69, 9.17) is 4.84 Å². The van der Waals surface area contributed by atoms with Crippen LogP contribution in [0.25, 0.3) is 0 Å². The molecule has 0 aliphatic carbocycles. The maximum atomic E-state index is 10.3. The first-order valence-electron chi connectivity index (χ1n) is 4.07. The van der Waals surface area contributed by atoms with Gasteiger partial charge in [0.1, 0.15) is 0 Å². The van der Waals surface area contributed by atoms with Gasteiger partial charge in [-0.1, -0.05) is 0 Å². The molecule has 0 radical (unpaired) electrons. The molecular weight excluding hydrogens is 200 g/mol. The smallest absolute Gasteiger partial charge is 0.259 e. The Morgan fingerprint density at radius 1 is 1.40 bits per heavy atom. The van der Waals surface area contributed by atoms with Gasteiger partial charge in [-0.15, -0.1) is 5.11 Å².